The molecule has 2 unspecified atom stereocenters. The topological polar surface area (TPSA) is 61.5 Å². The van der Waals surface area contributed by atoms with E-state index in [0.29, 0.717) is 19.4 Å². The van der Waals surface area contributed by atoms with E-state index >= 15 is 0 Å². The molecule has 0 radical (unpaired) electrons. The zero-order chi connectivity index (χ0) is 15.7. The maximum absolute atomic E-state index is 13.2. The lowest BCUT2D eigenvalue weighted by Crippen LogP contribution is -2.18. The molecule has 21 heavy (non-hydrogen) atoms. The van der Waals surface area contributed by atoms with E-state index in [9.17, 15) is 9.18 Å². The predicted molar refractivity (Wildman–Crippen MR) is 79.9 cm³/mol. The number of hydrogen-bond donors (Lipinski definition) is 1. The molecule has 0 heterocycles. The molecule has 0 aliphatic rings. The van der Waals surface area contributed by atoms with Crippen molar-refractivity contribution in [1.82, 2.24) is 0 Å². The molecule has 2 N–H and O–H groups in total. The van der Waals surface area contributed by atoms with Gasteiger partial charge in [-0.25, -0.2) is 4.39 Å². The fraction of sp³-hybridized carbons (Fsp3) is 0.562. The van der Waals surface area contributed by atoms with Gasteiger partial charge in [0, 0.05) is 18.8 Å². The molecule has 4 nitrogen and oxygen atoms in total. The fourth-order valence-corrected chi connectivity index (χ4v) is 2.18. The highest BCUT2D eigenvalue weighted by atomic mass is 19.1. The minimum atomic E-state index is -1.51. The van der Waals surface area contributed by atoms with Crippen LogP contribution in [0.15, 0.2) is 24.3 Å². The second kappa shape index (κ2) is 9.34. The number of methoxy groups -OCH3 is 1. The highest BCUT2D eigenvalue weighted by molar-refractivity contribution is 5.69. The summed E-state index contributed by atoms with van der Waals surface area (Å²) in [6.45, 7) is 2.23. The second-order valence-corrected chi connectivity index (χ2v) is 4.90. The first-order valence-electron chi connectivity index (χ1n) is 7.28. The first-order valence-corrected chi connectivity index (χ1v) is 7.28. The maximum Gasteiger partial charge on any atom is 0.308 e. The number of hydrogen-bond acceptors (Lipinski definition) is 4. The van der Waals surface area contributed by atoms with Crippen molar-refractivity contribution in [3.63, 3.8) is 0 Å². The molecule has 1 rings (SSSR count). The quantitative estimate of drug-likeness (QED) is 0.711. The molecule has 1 aromatic rings. The van der Waals surface area contributed by atoms with Crippen LogP contribution in [-0.2, 0) is 9.53 Å². The molecule has 1 aromatic carbocycles. The Hall–Kier alpha value is -1.62. The third kappa shape index (κ3) is 5.71. The first kappa shape index (κ1) is 17.4. The molecule has 0 amide bonds. The average molecular weight is 297 g/mol. The standard InChI is InChI=1S/C16H24FNO3/c1-3-6-15(17)21-16(19)10-9-12(11-18)13-7-4-5-8-14(13)20-2/h4-5,7-8,12,15H,3,6,9-11,18H2,1-2H3. The minimum absolute atomic E-state index is 0.0158. The molecule has 0 fully saturated rings. The zero-order valence-corrected chi connectivity index (χ0v) is 12.7. The van der Waals surface area contributed by atoms with Crippen LogP contribution in [-0.4, -0.2) is 26.0 Å². The number of alkyl halides is 1. The van der Waals surface area contributed by atoms with Crippen molar-refractivity contribution in [2.24, 2.45) is 5.73 Å². The van der Waals surface area contributed by atoms with Gasteiger partial charge in [-0.15, -0.1) is 0 Å². The van der Waals surface area contributed by atoms with E-state index in [0.717, 1.165) is 11.3 Å². The number of benzene rings is 1. The zero-order valence-electron chi connectivity index (χ0n) is 12.7. The van der Waals surface area contributed by atoms with Crippen LogP contribution in [0.4, 0.5) is 4.39 Å². The van der Waals surface area contributed by atoms with Crippen LogP contribution in [0.5, 0.6) is 5.75 Å². The summed E-state index contributed by atoms with van der Waals surface area (Å²) in [6, 6.07) is 7.56. The lowest BCUT2D eigenvalue weighted by molar-refractivity contribution is -0.158. The third-order valence-corrected chi connectivity index (χ3v) is 3.34. The van der Waals surface area contributed by atoms with Crippen LogP contribution in [0.2, 0.25) is 0 Å². The number of esters is 1. The molecule has 0 aliphatic carbocycles. The van der Waals surface area contributed by atoms with Gasteiger partial charge in [-0.05, 0) is 31.0 Å². The Balaban J connectivity index is 2.56. The van der Waals surface area contributed by atoms with E-state index in [2.05, 4.69) is 0 Å². The van der Waals surface area contributed by atoms with Gasteiger partial charge in [0.25, 0.3) is 0 Å². The van der Waals surface area contributed by atoms with Crippen LogP contribution < -0.4 is 10.5 Å². The van der Waals surface area contributed by atoms with E-state index in [1.54, 1.807) is 7.11 Å². The summed E-state index contributed by atoms with van der Waals surface area (Å²) in [5.41, 5.74) is 6.74. The van der Waals surface area contributed by atoms with Crippen LogP contribution in [0.3, 0.4) is 0 Å². The van der Waals surface area contributed by atoms with Gasteiger partial charge in [-0.1, -0.05) is 25.1 Å². The molecule has 0 aliphatic heterocycles. The summed E-state index contributed by atoms with van der Waals surface area (Å²) in [5, 5.41) is 0. The largest absolute Gasteiger partial charge is 0.496 e. The average Bonchev–Trinajstić information content (AvgIpc) is 2.48. The van der Waals surface area contributed by atoms with Crippen molar-refractivity contribution in [3.8, 4) is 5.75 Å². The number of ether oxygens (including phenoxy) is 2. The van der Waals surface area contributed by atoms with Crippen LogP contribution in [0.25, 0.3) is 0 Å². The van der Waals surface area contributed by atoms with Crippen LogP contribution >= 0.6 is 0 Å². The van der Waals surface area contributed by atoms with Crippen LogP contribution in [0.1, 0.15) is 44.1 Å². The second-order valence-electron chi connectivity index (χ2n) is 4.90. The number of nitrogens with two attached hydrogens (primary N) is 1. The number of halogens is 1. The molecule has 0 saturated carbocycles. The van der Waals surface area contributed by atoms with Crippen molar-refractivity contribution in [2.45, 2.75) is 44.9 Å². The van der Waals surface area contributed by atoms with Gasteiger partial charge in [0.1, 0.15) is 5.75 Å². The van der Waals surface area contributed by atoms with E-state index in [1.807, 2.05) is 31.2 Å². The Morgan fingerprint density at radius 1 is 1.33 bits per heavy atom. The van der Waals surface area contributed by atoms with Gasteiger partial charge in [-0.2, -0.15) is 0 Å². The maximum atomic E-state index is 13.2. The lowest BCUT2D eigenvalue weighted by Gasteiger charge is -2.18. The Kier molecular flexibility index (Phi) is 7.75. The molecule has 5 heteroatoms. The Labute approximate surface area is 125 Å². The summed E-state index contributed by atoms with van der Waals surface area (Å²) in [5.74, 6) is 0.206. The Morgan fingerprint density at radius 3 is 2.67 bits per heavy atom. The van der Waals surface area contributed by atoms with E-state index in [1.165, 1.54) is 0 Å². The number of carbonyl (C=O) groups excluding carboxylic acids is 1. The molecule has 0 aromatic heterocycles. The first-order chi connectivity index (χ1) is 10.1. The van der Waals surface area contributed by atoms with Gasteiger partial charge < -0.3 is 15.2 Å². The predicted octanol–water partition coefficient (Wildman–Crippen LogP) is 3.16. The van der Waals surface area contributed by atoms with Gasteiger partial charge in [0.15, 0.2) is 0 Å². The molecular weight excluding hydrogens is 273 g/mol. The van der Waals surface area contributed by atoms with Gasteiger partial charge in [-0.3, -0.25) is 4.79 Å². The van der Waals surface area contributed by atoms with Gasteiger partial charge in [0.2, 0.25) is 6.36 Å². The summed E-state index contributed by atoms with van der Waals surface area (Å²) in [4.78, 5) is 11.6. The summed E-state index contributed by atoms with van der Waals surface area (Å²) in [7, 11) is 1.60. The summed E-state index contributed by atoms with van der Waals surface area (Å²) < 4.78 is 23.2. The van der Waals surface area contributed by atoms with E-state index in [-0.39, 0.29) is 18.8 Å². The molecule has 2 atom stereocenters. The molecule has 0 saturated heterocycles. The SMILES string of the molecule is CCCC(F)OC(=O)CCC(CN)c1ccccc1OC. The van der Waals surface area contributed by atoms with Crippen LogP contribution in [0, 0.1) is 0 Å². The third-order valence-electron chi connectivity index (χ3n) is 3.34. The van der Waals surface area contributed by atoms with E-state index < -0.39 is 12.3 Å². The fourth-order valence-electron chi connectivity index (χ4n) is 2.18. The van der Waals surface area contributed by atoms with Crippen molar-refractivity contribution in [3.05, 3.63) is 29.8 Å². The highest BCUT2D eigenvalue weighted by Crippen LogP contribution is 2.29. The smallest absolute Gasteiger partial charge is 0.308 e. The van der Waals surface area contributed by atoms with Gasteiger partial charge in [0.05, 0.1) is 7.11 Å². The molecular formula is C16H24FNO3. The van der Waals surface area contributed by atoms with Gasteiger partial charge >= 0.3 is 5.97 Å². The normalized spacial score (nSPS) is 13.5. The Bertz CT molecular complexity index is 439. The molecule has 118 valence electrons. The van der Waals surface area contributed by atoms with Crippen molar-refractivity contribution < 1.29 is 18.7 Å². The number of carbonyl (C=O) groups is 1. The number of para-hydroxylation sites is 1. The Morgan fingerprint density at radius 2 is 2.05 bits per heavy atom. The van der Waals surface area contributed by atoms with Crippen molar-refractivity contribution in [2.75, 3.05) is 13.7 Å². The lowest BCUT2D eigenvalue weighted by atomic mass is 9.93. The van der Waals surface area contributed by atoms with Crippen molar-refractivity contribution >= 4 is 5.97 Å². The minimum Gasteiger partial charge on any atom is -0.496 e. The molecule has 0 bridgehead atoms. The van der Waals surface area contributed by atoms with Crippen molar-refractivity contribution in [1.29, 1.82) is 0 Å². The highest BCUT2D eigenvalue weighted by Gasteiger charge is 2.18. The number of rotatable bonds is 9. The summed E-state index contributed by atoms with van der Waals surface area (Å²) >= 11 is 0. The summed E-state index contributed by atoms with van der Waals surface area (Å²) in [6.07, 6.45) is 0.0169. The van der Waals surface area contributed by atoms with E-state index in [4.69, 9.17) is 15.2 Å². The molecule has 0 spiro atoms. The monoisotopic (exact) mass is 297 g/mol.